The molecule has 0 aliphatic carbocycles. The highest BCUT2D eigenvalue weighted by molar-refractivity contribution is 9.10. The molecular weight excluding hydrogens is 579 g/mol. The Hall–Kier alpha value is -1.99. The second-order valence-electron chi connectivity index (χ2n) is 8.71. The summed E-state index contributed by atoms with van der Waals surface area (Å²) < 4.78 is 0.918. The molecule has 190 valence electrons. The van der Waals surface area contributed by atoms with Crippen molar-refractivity contribution in [3.8, 4) is 0 Å². The lowest BCUT2D eigenvalue weighted by atomic mass is 10.0. The molecule has 3 aromatic carbocycles. The van der Waals surface area contributed by atoms with Gasteiger partial charge in [0.1, 0.15) is 6.04 Å². The molecule has 4 nitrogen and oxygen atoms in total. The number of halogens is 3. The molecule has 36 heavy (non-hydrogen) atoms. The van der Waals surface area contributed by atoms with Gasteiger partial charge in [-0.2, -0.15) is 0 Å². The maximum atomic E-state index is 13.7. The molecule has 0 aliphatic rings. The van der Waals surface area contributed by atoms with Gasteiger partial charge in [0, 0.05) is 39.3 Å². The van der Waals surface area contributed by atoms with Crippen LogP contribution in [0, 0.1) is 0 Å². The first-order chi connectivity index (χ1) is 17.2. The van der Waals surface area contributed by atoms with Crippen molar-refractivity contribution in [2.75, 3.05) is 5.75 Å². The van der Waals surface area contributed by atoms with Crippen molar-refractivity contribution in [2.45, 2.75) is 44.6 Å². The minimum Gasteiger partial charge on any atom is -0.352 e. The van der Waals surface area contributed by atoms with E-state index in [0.717, 1.165) is 21.2 Å². The minimum atomic E-state index is -0.661. The van der Waals surface area contributed by atoms with Crippen molar-refractivity contribution in [2.24, 2.45) is 0 Å². The molecule has 0 heterocycles. The fourth-order valence-electron chi connectivity index (χ4n) is 3.76. The van der Waals surface area contributed by atoms with Gasteiger partial charge in [0.05, 0.1) is 5.75 Å². The first-order valence-electron chi connectivity index (χ1n) is 11.6. The number of nitrogens with one attached hydrogen (secondary N) is 1. The Labute approximate surface area is 235 Å². The van der Waals surface area contributed by atoms with E-state index < -0.39 is 6.04 Å². The predicted octanol–water partition coefficient (Wildman–Crippen LogP) is 7.15. The van der Waals surface area contributed by atoms with E-state index >= 15 is 0 Å². The van der Waals surface area contributed by atoms with E-state index in [2.05, 4.69) is 21.2 Å². The highest BCUT2D eigenvalue weighted by Gasteiger charge is 2.30. The van der Waals surface area contributed by atoms with E-state index in [1.165, 1.54) is 11.8 Å². The van der Waals surface area contributed by atoms with Crippen molar-refractivity contribution in [1.82, 2.24) is 10.2 Å². The van der Waals surface area contributed by atoms with Crippen LogP contribution in [0.4, 0.5) is 0 Å². The van der Waals surface area contributed by atoms with Gasteiger partial charge in [-0.1, -0.05) is 87.7 Å². The minimum absolute atomic E-state index is 0.0460. The Morgan fingerprint density at radius 1 is 0.944 bits per heavy atom. The van der Waals surface area contributed by atoms with Gasteiger partial charge in [-0.25, -0.2) is 0 Å². The molecule has 0 bridgehead atoms. The van der Waals surface area contributed by atoms with Crippen LogP contribution in [0.15, 0.2) is 77.3 Å². The zero-order valence-electron chi connectivity index (χ0n) is 20.2. The van der Waals surface area contributed by atoms with E-state index in [1.54, 1.807) is 23.1 Å². The zero-order valence-corrected chi connectivity index (χ0v) is 24.1. The van der Waals surface area contributed by atoms with Crippen LogP contribution in [0.1, 0.15) is 30.5 Å². The maximum absolute atomic E-state index is 13.7. The first-order valence-corrected chi connectivity index (χ1v) is 14.3. The molecule has 0 aromatic heterocycles. The number of nitrogens with zero attached hydrogens (tertiary/aromatic N) is 1. The van der Waals surface area contributed by atoms with Gasteiger partial charge in [-0.3, -0.25) is 9.59 Å². The Balaban J connectivity index is 1.87. The molecule has 0 unspecified atom stereocenters. The molecule has 0 saturated heterocycles. The van der Waals surface area contributed by atoms with Gasteiger partial charge < -0.3 is 10.2 Å². The van der Waals surface area contributed by atoms with Gasteiger partial charge in [0.15, 0.2) is 0 Å². The lowest BCUT2D eigenvalue weighted by molar-refractivity contribution is -0.139. The van der Waals surface area contributed by atoms with Crippen molar-refractivity contribution in [3.05, 3.63) is 104 Å². The molecule has 3 rings (SSSR count). The molecule has 0 aliphatic heterocycles. The van der Waals surface area contributed by atoms with Crippen LogP contribution in [0.5, 0.6) is 0 Å². The number of hydrogen-bond donors (Lipinski definition) is 1. The maximum Gasteiger partial charge on any atom is 0.243 e. The highest BCUT2D eigenvalue weighted by atomic mass is 79.9. The van der Waals surface area contributed by atoms with Crippen LogP contribution in [0.3, 0.4) is 0 Å². The van der Waals surface area contributed by atoms with Gasteiger partial charge in [-0.05, 0) is 54.8 Å². The molecule has 0 spiro atoms. The number of carbonyl (C=O) groups is 2. The molecule has 1 atom stereocenters. The number of amides is 2. The van der Waals surface area contributed by atoms with Crippen molar-refractivity contribution < 1.29 is 9.59 Å². The van der Waals surface area contributed by atoms with Crippen LogP contribution in [0.25, 0.3) is 0 Å². The molecule has 0 fully saturated rings. The van der Waals surface area contributed by atoms with E-state index in [4.69, 9.17) is 23.2 Å². The lowest BCUT2D eigenvalue weighted by Gasteiger charge is -2.32. The van der Waals surface area contributed by atoms with Crippen molar-refractivity contribution in [3.63, 3.8) is 0 Å². The second kappa shape index (κ2) is 14.1. The molecule has 0 saturated carbocycles. The Morgan fingerprint density at radius 2 is 1.58 bits per heavy atom. The Kier molecular flexibility index (Phi) is 11.2. The average Bonchev–Trinajstić information content (AvgIpc) is 2.83. The average molecular weight is 608 g/mol. The number of thioether (sulfide) groups is 1. The Bertz CT molecular complexity index is 1160. The third-order valence-corrected chi connectivity index (χ3v) is 7.62. The van der Waals surface area contributed by atoms with Crippen molar-refractivity contribution in [1.29, 1.82) is 0 Å². The molecule has 1 N–H and O–H groups in total. The summed E-state index contributed by atoms with van der Waals surface area (Å²) in [7, 11) is 0. The SMILES string of the molecule is CC(C)NC(=O)[C@@H](Cc1ccccc1)N(Cc1cccc(Br)c1)C(=O)CSCc1c(Cl)cccc1Cl. The molecule has 0 radical (unpaired) electrons. The Morgan fingerprint density at radius 3 is 2.22 bits per heavy atom. The van der Waals surface area contributed by atoms with Crippen LogP contribution >= 0.6 is 50.9 Å². The highest BCUT2D eigenvalue weighted by Crippen LogP contribution is 2.28. The van der Waals surface area contributed by atoms with Gasteiger partial charge >= 0.3 is 0 Å². The fourth-order valence-corrected chi connectivity index (χ4v) is 5.85. The van der Waals surface area contributed by atoms with Crippen LogP contribution < -0.4 is 5.32 Å². The van der Waals surface area contributed by atoms with E-state index in [-0.39, 0.29) is 23.6 Å². The van der Waals surface area contributed by atoms with Crippen molar-refractivity contribution >= 4 is 62.7 Å². The lowest BCUT2D eigenvalue weighted by Crippen LogP contribution is -2.52. The summed E-state index contributed by atoms with van der Waals surface area (Å²) in [6, 6.07) is 22.2. The first kappa shape index (κ1) is 28.6. The molecule has 3 aromatic rings. The molecular formula is C28H29BrCl2N2O2S. The van der Waals surface area contributed by atoms with Crippen LogP contribution in [0.2, 0.25) is 10.0 Å². The number of benzene rings is 3. The second-order valence-corrected chi connectivity index (χ2v) is 11.4. The van der Waals surface area contributed by atoms with Gasteiger partial charge in [-0.15, -0.1) is 11.8 Å². The summed E-state index contributed by atoms with van der Waals surface area (Å²) >= 11 is 17.6. The summed E-state index contributed by atoms with van der Waals surface area (Å²) in [6.45, 7) is 4.15. The van der Waals surface area contributed by atoms with Gasteiger partial charge in [0.25, 0.3) is 0 Å². The van der Waals surface area contributed by atoms with E-state index in [9.17, 15) is 9.59 Å². The number of carbonyl (C=O) groups excluding carboxylic acids is 2. The summed E-state index contributed by atoms with van der Waals surface area (Å²) in [4.78, 5) is 28.7. The smallest absolute Gasteiger partial charge is 0.243 e. The van der Waals surface area contributed by atoms with E-state index in [0.29, 0.717) is 28.8 Å². The zero-order chi connectivity index (χ0) is 26.1. The number of rotatable bonds is 11. The summed E-state index contributed by atoms with van der Waals surface area (Å²) in [6.07, 6.45) is 0.417. The predicted molar refractivity (Wildman–Crippen MR) is 155 cm³/mol. The summed E-state index contributed by atoms with van der Waals surface area (Å²) in [5.74, 6) is 0.395. The third-order valence-electron chi connectivity index (χ3n) is 5.48. The normalized spacial score (nSPS) is 11.8. The summed E-state index contributed by atoms with van der Waals surface area (Å²) in [5, 5.41) is 4.16. The topological polar surface area (TPSA) is 49.4 Å². The van der Waals surface area contributed by atoms with E-state index in [1.807, 2.05) is 68.4 Å². The summed E-state index contributed by atoms with van der Waals surface area (Å²) in [5.41, 5.74) is 2.73. The number of hydrogen-bond acceptors (Lipinski definition) is 3. The standard InChI is InChI=1S/C28H29BrCl2N2O2S/c1-19(2)32-28(35)26(15-20-8-4-3-5-9-20)33(16-21-10-6-11-22(29)14-21)27(34)18-36-17-23-24(30)12-7-13-25(23)31/h3-14,19,26H,15-18H2,1-2H3,(H,32,35)/t26-/m1/s1. The molecule has 8 heteroatoms. The quantitative estimate of drug-likeness (QED) is 0.252. The van der Waals surface area contributed by atoms with Crippen LogP contribution in [-0.4, -0.2) is 34.6 Å². The molecule has 2 amide bonds. The monoisotopic (exact) mass is 606 g/mol. The third kappa shape index (κ3) is 8.55. The van der Waals surface area contributed by atoms with Gasteiger partial charge in [0.2, 0.25) is 11.8 Å². The fraction of sp³-hybridized carbons (Fsp3) is 0.286. The van der Waals surface area contributed by atoms with Crippen LogP contribution in [-0.2, 0) is 28.3 Å². The largest absolute Gasteiger partial charge is 0.352 e.